The van der Waals surface area contributed by atoms with Crippen molar-refractivity contribution in [2.45, 2.75) is 26.3 Å². The highest BCUT2D eigenvalue weighted by Gasteiger charge is 2.28. The van der Waals surface area contributed by atoms with Gasteiger partial charge in [-0.25, -0.2) is 14.8 Å². The van der Waals surface area contributed by atoms with Crippen LogP contribution in [0.15, 0.2) is 12.4 Å². The van der Waals surface area contributed by atoms with Crippen molar-refractivity contribution in [3.05, 3.63) is 17.5 Å². The summed E-state index contributed by atoms with van der Waals surface area (Å²) in [5.74, 6) is 0.273. The third-order valence-corrected chi connectivity index (χ3v) is 1.92. The molecule has 1 heterocycles. The molecule has 5 nitrogen and oxygen atoms in total. The Balaban J connectivity index is 3.16. The number of halogens is 1. The van der Waals surface area contributed by atoms with Gasteiger partial charge in [0.25, 0.3) is 0 Å². The first-order valence-corrected chi connectivity index (χ1v) is 4.71. The minimum atomic E-state index is -1.07. The van der Waals surface area contributed by atoms with Gasteiger partial charge in [-0.15, -0.1) is 0 Å². The van der Waals surface area contributed by atoms with Crippen molar-refractivity contribution in [2.75, 3.05) is 4.90 Å². The quantitative estimate of drug-likeness (QED) is 0.751. The number of hydrogen-bond donors (Lipinski definition) is 1. The van der Waals surface area contributed by atoms with Gasteiger partial charge >= 0.3 is 6.09 Å². The number of amides is 1. The van der Waals surface area contributed by atoms with Crippen LogP contribution in [0.4, 0.5) is 10.6 Å². The number of carboxylic acid groups (broad SMARTS) is 1. The van der Waals surface area contributed by atoms with Gasteiger partial charge in [0.2, 0.25) is 0 Å². The predicted molar refractivity (Wildman–Crippen MR) is 57.3 cm³/mol. The summed E-state index contributed by atoms with van der Waals surface area (Å²) in [7, 11) is 0. The molecule has 1 rings (SSSR count). The van der Waals surface area contributed by atoms with Gasteiger partial charge in [-0.3, -0.25) is 4.90 Å². The average Bonchev–Trinajstić information content (AvgIpc) is 1.99. The molecule has 82 valence electrons. The van der Waals surface area contributed by atoms with E-state index < -0.39 is 11.6 Å². The molecule has 0 radical (unpaired) electrons. The van der Waals surface area contributed by atoms with E-state index in [2.05, 4.69) is 9.97 Å². The Morgan fingerprint density at radius 1 is 1.47 bits per heavy atom. The molecule has 1 N–H and O–H groups in total. The number of rotatable bonds is 1. The summed E-state index contributed by atoms with van der Waals surface area (Å²) in [6.45, 7) is 5.32. The zero-order chi connectivity index (χ0) is 11.6. The SMILES string of the molecule is CC(C)(C)N(C(=O)O)c1cc(Cl)ncn1. The van der Waals surface area contributed by atoms with E-state index in [9.17, 15) is 4.79 Å². The highest BCUT2D eigenvalue weighted by molar-refractivity contribution is 6.29. The van der Waals surface area contributed by atoms with Crippen LogP contribution in [0, 0.1) is 0 Å². The van der Waals surface area contributed by atoms with Crippen LogP contribution in [-0.4, -0.2) is 26.7 Å². The molecule has 1 amide bonds. The van der Waals surface area contributed by atoms with Gasteiger partial charge in [-0.1, -0.05) is 11.6 Å². The zero-order valence-corrected chi connectivity index (χ0v) is 9.49. The number of carbonyl (C=O) groups is 1. The van der Waals surface area contributed by atoms with E-state index >= 15 is 0 Å². The Labute approximate surface area is 92.7 Å². The van der Waals surface area contributed by atoms with Crippen molar-refractivity contribution >= 4 is 23.5 Å². The van der Waals surface area contributed by atoms with Crippen molar-refractivity contribution in [1.29, 1.82) is 0 Å². The van der Waals surface area contributed by atoms with Crippen molar-refractivity contribution in [3.8, 4) is 0 Å². The van der Waals surface area contributed by atoms with E-state index in [0.29, 0.717) is 0 Å². The van der Waals surface area contributed by atoms with Gasteiger partial charge in [0.05, 0.1) is 0 Å². The molecule has 0 aliphatic carbocycles. The molecule has 0 aliphatic rings. The Hall–Kier alpha value is -1.36. The summed E-state index contributed by atoms with van der Waals surface area (Å²) < 4.78 is 0. The second kappa shape index (κ2) is 4.02. The summed E-state index contributed by atoms with van der Waals surface area (Å²) in [6, 6.07) is 1.42. The van der Waals surface area contributed by atoms with Crippen molar-refractivity contribution < 1.29 is 9.90 Å². The van der Waals surface area contributed by atoms with E-state index in [-0.39, 0.29) is 11.0 Å². The van der Waals surface area contributed by atoms with Gasteiger partial charge < -0.3 is 5.11 Å². The van der Waals surface area contributed by atoms with Crippen LogP contribution in [0.5, 0.6) is 0 Å². The first kappa shape index (κ1) is 11.7. The van der Waals surface area contributed by atoms with Crippen LogP contribution in [0.25, 0.3) is 0 Å². The van der Waals surface area contributed by atoms with E-state index in [1.807, 2.05) is 0 Å². The van der Waals surface area contributed by atoms with Crippen molar-refractivity contribution in [1.82, 2.24) is 9.97 Å². The smallest absolute Gasteiger partial charge is 0.413 e. The van der Waals surface area contributed by atoms with Crippen LogP contribution >= 0.6 is 11.6 Å². The summed E-state index contributed by atoms with van der Waals surface area (Å²) in [6.07, 6.45) is 0.163. The van der Waals surface area contributed by atoms with Gasteiger partial charge in [-0.05, 0) is 20.8 Å². The Morgan fingerprint density at radius 3 is 2.47 bits per heavy atom. The highest BCUT2D eigenvalue weighted by atomic mass is 35.5. The third-order valence-electron chi connectivity index (χ3n) is 1.71. The van der Waals surface area contributed by atoms with Crippen molar-refractivity contribution in [3.63, 3.8) is 0 Å². The largest absolute Gasteiger partial charge is 0.465 e. The summed E-state index contributed by atoms with van der Waals surface area (Å²) in [4.78, 5) is 19.8. The van der Waals surface area contributed by atoms with Crippen LogP contribution in [0.1, 0.15) is 20.8 Å². The topological polar surface area (TPSA) is 66.3 Å². The summed E-state index contributed by atoms with van der Waals surface area (Å²) >= 11 is 5.67. The maximum absolute atomic E-state index is 11.1. The lowest BCUT2D eigenvalue weighted by atomic mass is 10.1. The molecule has 0 unspecified atom stereocenters. The molecule has 0 fully saturated rings. The number of anilines is 1. The minimum Gasteiger partial charge on any atom is -0.465 e. The molecule has 0 saturated carbocycles. The first-order chi connectivity index (χ1) is 6.82. The van der Waals surface area contributed by atoms with Crippen LogP contribution < -0.4 is 4.90 Å². The Kier molecular flexibility index (Phi) is 3.14. The lowest BCUT2D eigenvalue weighted by molar-refractivity contribution is 0.195. The molecule has 1 aromatic heterocycles. The van der Waals surface area contributed by atoms with E-state index in [0.717, 1.165) is 4.90 Å². The van der Waals surface area contributed by atoms with Gasteiger partial charge in [0, 0.05) is 11.6 Å². The maximum atomic E-state index is 11.1. The lowest BCUT2D eigenvalue weighted by Crippen LogP contribution is -2.45. The predicted octanol–water partition coefficient (Wildman–Crippen LogP) is 2.41. The maximum Gasteiger partial charge on any atom is 0.413 e. The van der Waals surface area contributed by atoms with Crippen LogP contribution in [0.2, 0.25) is 5.15 Å². The molecule has 6 heteroatoms. The molecule has 1 aromatic rings. The van der Waals surface area contributed by atoms with E-state index in [1.54, 1.807) is 20.8 Å². The molecular weight excluding hydrogens is 218 g/mol. The lowest BCUT2D eigenvalue weighted by Gasteiger charge is -2.31. The zero-order valence-electron chi connectivity index (χ0n) is 8.73. The second-order valence-electron chi connectivity index (χ2n) is 3.99. The second-order valence-corrected chi connectivity index (χ2v) is 4.37. The summed E-state index contributed by atoms with van der Waals surface area (Å²) in [5, 5.41) is 9.29. The van der Waals surface area contributed by atoms with Gasteiger partial charge in [-0.2, -0.15) is 0 Å². The fraction of sp³-hybridized carbons (Fsp3) is 0.444. The standard InChI is InChI=1S/C9H12ClN3O2/c1-9(2,3)13(8(14)15)7-4-6(10)11-5-12-7/h4-5H,1-3H3,(H,14,15). The minimum absolute atomic E-state index is 0.218. The van der Waals surface area contributed by atoms with Crippen molar-refractivity contribution in [2.24, 2.45) is 0 Å². The molecule has 0 atom stereocenters. The van der Waals surface area contributed by atoms with Crippen LogP contribution in [0.3, 0.4) is 0 Å². The fourth-order valence-electron chi connectivity index (χ4n) is 1.18. The fourth-order valence-corrected chi connectivity index (χ4v) is 1.32. The number of hydrogen-bond acceptors (Lipinski definition) is 3. The average molecular weight is 230 g/mol. The van der Waals surface area contributed by atoms with E-state index in [1.165, 1.54) is 12.4 Å². The summed E-state index contributed by atoms with van der Waals surface area (Å²) in [5.41, 5.74) is -0.580. The molecular formula is C9H12ClN3O2. The molecule has 0 bridgehead atoms. The monoisotopic (exact) mass is 229 g/mol. The van der Waals surface area contributed by atoms with Gasteiger partial charge in [0.1, 0.15) is 17.3 Å². The van der Waals surface area contributed by atoms with Gasteiger partial charge in [0.15, 0.2) is 0 Å². The van der Waals surface area contributed by atoms with Crippen LogP contribution in [-0.2, 0) is 0 Å². The first-order valence-electron chi connectivity index (χ1n) is 4.33. The van der Waals surface area contributed by atoms with E-state index in [4.69, 9.17) is 16.7 Å². The molecule has 0 spiro atoms. The molecule has 0 aliphatic heterocycles. The number of aromatic nitrogens is 2. The molecule has 15 heavy (non-hydrogen) atoms. The third kappa shape index (κ3) is 2.79. The highest BCUT2D eigenvalue weighted by Crippen LogP contribution is 2.22. The normalized spacial score (nSPS) is 11.2. The number of nitrogens with zero attached hydrogens (tertiary/aromatic N) is 3. The Bertz CT molecular complexity index is 376. The molecule has 0 aromatic carbocycles. The Morgan fingerprint density at radius 2 is 2.07 bits per heavy atom. The molecule has 0 saturated heterocycles.